The standard InChI is InChI=1S/C23H20Cl2N6O2/c24-17-4-2-1-3-15(17)13-31-19-5-6-30(23(33)16(19)11-29-31)20-8-21(27-12-18(20)25)26-9-14-7-22(32)28-10-14/h1-6,8,11-12,14H,7,9-10,13H2,(H,26,27)(H,28,32)/t14-/m0/s1. The van der Waals surface area contributed by atoms with Gasteiger partial charge in [0.2, 0.25) is 5.91 Å². The minimum atomic E-state index is -0.234. The molecule has 4 aromatic rings. The lowest BCUT2D eigenvalue weighted by atomic mass is 10.1. The summed E-state index contributed by atoms with van der Waals surface area (Å²) in [6, 6.07) is 11.1. The van der Waals surface area contributed by atoms with Gasteiger partial charge in [0.15, 0.2) is 0 Å². The number of hydrogen-bond acceptors (Lipinski definition) is 5. The number of rotatable bonds is 6. The van der Waals surface area contributed by atoms with E-state index < -0.39 is 0 Å². The van der Waals surface area contributed by atoms with Crippen LogP contribution in [0.3, 0.4) is 0 Å². The number of nitrogens with zero attached hydrogens (tertiary/aromatic N) is 4. The van der Waals surface area contributed by atoms with Crippen LogP contribution in [-0.2, 0) is 11.3 Å². The van der Waals surface area contributed by atoms with Gasteiger partial charge in [-0.1, -0.05) is 41.4 Å². The third-order valence-electron chi connectivity index (χ3n) is 5.72. The first-order valence-electron chi connectivity index (χ1n) is 10.5. The van der Waals surface area contributed by atoms with E-state index >= 15 is 0 Å². The largest absolute Gasteiger partial charge is 0.370 e. The highest BCUT2D eigenvalue weighted by molar-refractivity contribution is 6.32. The molecule has 33 heavy (non-hydrogen) atoms. The molecule has 1 saturated heterocycles. The molecule has 10 heteroatoms. The number of fused-ring (bicyclic) bond motifs is 1. The molecule has 2 N–H and O–H groups in total. The summed E-state index contributed by atoms with van der Waals surface area (Å²) in [6.07, 6.45) is 5.24. The highest BCUT2D eigenvalue weighted by Crippen LogP contribution is 2.23. The third kappa shape index (κ3) is 4.31. The Kier molecular flexibility index (Phi) is 5.78. The van der Waals surface area contributed by atoms with Crippen LogP contribution in [0, 0.1) is 5.92 Å². The van der Waals surface area contributed by atoms with Gasteiger partial charge in [0.1, 0.15) is 5.82 Å². The van der Waals surface area contributed by atoms with Gasteiger partial charge in [-0.25, -0.2) is 4.98 Å². The maximum absolute atomic E-state index is 13.3. The second kappa shape index (κ2) is 8.88. The second-order valence-electron chi connectivity index (χ2n) is 7.96. The van der Waals surface area contributed by atoms with Crippen molar-refractivity contribution in [3.05, 3.63) is 81.0 Å². The van der Waals surface area contributed by atoms with E-state index in [-0.39, 0.29) is 17.4 Å². The van der Waals surface area contributed by atoms with Crippen LogP contribution in [-0.4, -0.2) is 38.3 Å². The molecule has 0 radical (unpaired) electrons. The summed E-state index contributed by atoms with van der Waals surface area (Å²) in [5.41, 5.74) is 1.90. The number of carbonyl (C=O) groups is 1. The molecular weight excluding hydrogens is 463 g/mol. The summed E-state index contributed by atoms with van der Waals surface area (Å²) in [6.45, 7) is 1.69. The lowest BCUT2D eigenvalue weighted by Crippen LogP contribution is -2.20. The van der Waals surface area contributed by atoms with Gasteiger partial charge in [0.05, 0.1) is 40.6 Å². The molecule has 0 bridgehead atoms. The summed E-state index contributed by atoms with van der Waals surface area (Å²) in [5.74, 6) is 0.832. The molecule has 1 amide bonds. The van der Waals surface area contributed by atoms with Gasteiger partial charge in [-0.2, -0.15) is 5.10 Å². The zero-order chi connectivity index (χ0) is 22.9. The molecule has 3 aromatic heterocycles. The summed E-state index contributed by atoms with van der Waals surface area (Å²) in [7, 11) is 0. The van der Waals surface area contributed by atoms with Crippen molar-refractivity contribution in [3.63, 3.8) is 0 Å². The molecule has 0 aliphatic carbocycles. The first-order chi connectivity index (χ1) is 16.0. The number of amides is 1. The van der Waals surface area contributed by atoms with Crippen LogP contribution in [0.2, 0.25) is 10.0 Å². The first kappa shape index (κ1) is 21.5. The Hall–Kier alpha value is -3.36. The molecule has 4 heterocycles. The molecule has 0 spiro atoms. The number of pyridine rings is 2. The first-order valence-corrected chi connectivity index (χ1v) is 11.2. The topological polar surface area (TPSA) is 93.8 Å². The van der Waals surface area contributed by atoms with Crippen molar-refractivity contribution in [1.29, 1.82) is 0 Å². The van der Waals surface area contributed by atoms with E-state index in [9.17, 15) is 9.59 Å². The Morgan fingerprint density at radius 1 is 1.12 bits per heavy atom. The van der Waals surface area contributed by atoms with Gasteiger partial charge in [0.25, 0.3) is 5.56 Å². The van der Waals surface area contributed by atoms with Crippen molar-refractivity contribution < 1.29 is 4.79 Å². The molecule has 1 aromatic carbocycles. The van der Waals surface area contributed by atoms with Gasteiger partial charge in [-0.05, 0) is 17.7 Å². The molecule has 0 unspecified atom stereocenters. The Bertz CT molecular complexity index is 1410. The minimum absolute atomic E-state index is 0.0569. The van der Waals surface area contributed by atoms with E-state index in [0.29, 0.717) is 58.5 Å². The number of carbonyl (C=O) groups excluding carboxylic acids is 1. The summed E-state index contributed by atoms with van der Waals surface area (Å²) >= 11 is 12.7. The molecule has 168 valence electrons. The second-order valence-corrected chi connectivity index (χ2v) is 8.77. The molecule has 1 atom stereocenters. The van der Waals surface area contributed by atoms with Crippen LogP contribution in [0.5, 0.6) is 0 Å². The molecule has 0 saturated carbocycles. The lowest BCUT2D eigenvalue weighted by Gasteiger charge is -2.13. The Morgan fingerprint density at radius 2 is 1.97 bits per heavy atom. The van der Waals surface area contributed by atoms with Crippen LogP contribution in [0.1, 0.15) is 12.0 Å². The number of anilines is 1. The van der Waals surface area contributed by atoms with Gasteiger partial charge >= 0.3 is 0 Å². The van der Waals surface area contributed by atoms with Gasteiger partial charge < -0.3 is 10.6 Å². The SMILES string of the molecule is O=C1C[C@@H](CNc2cc(-n3ccc4c(cnn4Cc4ccccc4Cl)c3=O)c(Cl)cn2)CN1. The zero-order valence-corrected chi connectivity index (χ0v) is 19.0. The fourth-order valence-corrected chi connectivity index (χ4v) is 4.34. The average Bonchev–Trinajstić information content (AvgIpc) is 3.42. The predicted molar refractivity (Wildman–Crippen MR) is 128 cm³/mol. The molecule has 8 nitrogen and oxygen atoms in total. The fraction of sp³-hybridized carbons (Fsp3) is 0.217. The van der Waals surface area contributed by atoms with E-state index in [2.05, 4.69) is 20.7 Å². The maximum atomic E-state index is 13.3. The highest BCUT2D eigenvalue weighted by atomic mass is 35.5. The monoisotopic (exact) mass is 482 g/mol. The van der Waals surface area contributed by atoms with E-state index in [1.165, 1.54) is 10.8 Å². The molecule has 1 fully saturated rings. The van der Waals surface area contributed by atoms with Crippen LogP contribution >= 0.6 is 23.2 Å². The van der Waals surface area contributed by atoms with E-state index in [0.717, 1.165) is 5.56 Å². The Morgan fingerprint density at radius 3 is 2.76 bits per heavy atom. The zero-order valence-electron chi connectivity index (χ0n) is 17.5. The Labute approximate surface area is 199 Å². The predicted octanol–water partition coefficient (Wildman–Crippen LogP) is 3.49. The third-order valence-corrected chi connectivity index (χ3v) is 6.38. The van der Waals surface area contributed by atoms with Gasteiger partial charge in [0, 0.05) is 42.7 Å². The molecule has 5 rings (SSSR count). The van der Waals surface area contributed by atoms with E-state index in [4.69, 9.17) is 23.2 Å². The average molecular weight is 483 g/mol. The van der Waals surface area contributed by atoms with Crippen molar-refractivity contribution in [2.75, 3.05) is 18.4 Å². The quantitative estimate of drug-likeness (QED) is 0.438. The number of aromatic nitrogens is 4. The van der Waals surface area contributed by atoms with E-state index in [1.54, 1.807) is 23.1 Å². The summed E-state index contributed by atoms with van der Waals surface area (Å²) < 4.78 is 3.24. The summed E-state index contributed by atoms with van der Waals surface area (Å²) in [5, 5.41) is 11.9. The normalized spacial score (nSPS) is 15.7. The molecular formula is C23H20Cl2N6O2. The number of nitrogens with one attached hydrogen (secondary N) is 2. The Balaban J connectivity index is 1.44. The minimum Gasteiger partial charge on any atom is -0.370 e. The van der Waals surface area contributed by atoms with Crippen molar-refractivity contribution in [2.24, 2.45) is 5.92 Å². The van der Waals surface area contributed by atoms with Crippen molar-refractivity contribution >= 4 is 45.8 Å². The molecule has 1 aliphatic heterocycles. The van der Waals surface area contributed by atoms with Crippen LogP contribution in [0.25, 0.3) is 16.6 Å². The highest BCUT2D eigenvalue weighted by Gasteiger charge is 2.21. The van der Waals surface area contributed by atoms with Gasteiger partial charge in [-0.15, -0.1) is 0 Å². The van der Waals surface area contributed by atoms with Crippen LogP contribution in [0.4, 0.5) is 5.82 Å². The summed E-state index contributed by atoms with van der Waals surface area (Å²) in [4.78, 5) is 29.0. The van der Waals surface area contributed by atoms with Crippen molar-refractivity contribution in [3.8, 4) is 5.69 Å². The maximum Gasteiger partial charge on any atom is 0.266 e. The number of hydrogen-bond donors (Lipinski definition) is 2. The van der Waals surface area contributed by atoms with Crippen LogP contribution in [0.15, 0.2) is 59.8 Å². The van der Waals surface area contributed by atoms with Crippen molar-refractivity contribution in [1.82, 2.24) is 24.6 Å². The van der Waals surface area contributed by atoms with Crippen molar-refractivity contribution in [2.45, 2.75) is 13.0 Å². The lowest BCUT2D eigenvalue weighted by molar-refractivity contribution is -0.119. The number of benzene rings is 1. The smallest absolute Gasteiger partial charge is 0.266 e. The van der Waals surface area contributed by atoms with Gasteiger partial charge in [-0.3, -0.25) is 18.8 Å². The number of halogens is 2. The molecule has 1 aliphatic rings. The fourth-order valence-electron chi connectivity index (χ4n) is 3.95. The van der Waals surface area contributed by atoms with E-state index in [1.807, 2.05) is 30.3 Å². The van der Waals surface area contributed by atoms with Crippen LogP contribution < -0.4 is 16.2 Å².